The molecule has 0 aromatic heterocycles. The molecular weight excluding hydrogens is 397 g/mol. The SMILES string of the molecule is CC(C)(C)[NH-].[CH2-]c1c(C2=C(C)C=C(C)C2)ccc2ccccc12.[Cl-].[Cl-].[Ti+2]. The third kappa shape index (κ3) is 7.50. The van der Waals surface area contributed by atoms with Crippen molar-refractivity contribution in [3.8, 4) is 0 Å². The Morgan fingerprint density at radius 2 is 1.50 bits per heavy atom. The van der Waals surface area contributed by atoms with E-state index in [1.807, 2.05) is 20.8 Å². The van der Waals surface area contributed by atoms with Crippen molar-refractivity contribution in [2.75, 3.05) is 0 Å². The van der Waals surface area contributed by atoms with Gasteiger partial charge in [0.05, 0.1) is 0 Å². The molecule has 0 amide bonds. The van der Waals surface area contributed by atoms with Crippen LogP contribution in [0, 0.1) is 6.92 Å². The molecule has 3 rings (SSSR count). The Bertz CT molecular complexity index is 780. The van der Waals surface area contributed by atoms with Gasteiger partial charge in [-0.2, -0.15) is 12.5 Å². The number of nitrogens with one attached hydrogen (secondary N) is 1. The number of allylic oxidation sites excluding steroid dienone is 4. The quantitative estimate of drug-likeness (QED) is 0.482. The molecule has 4 heteroatoms. The van der Waals surface area contributed by atoms with Crippen LogP contribution < -0.4 is 24.8 Å². The van der Waals surface area contributed by atoms with Gasteiger partial charge >= 0.3 is 21.7 Å². The molecule has 140 valence electrons. The molecule has 0 radical (unpaired) electrons. The van der Waals surface area contributed by atoms with E-state index < -0.39 is 0 Å². The molecule has 26 heavy (non-hydrogen) atoms. The Kier molecular flexibility index (Phi) is 11.9. The molecule has 0 heterocycles. The maximum Gasteiger partial charge on any atom is 2.00 e. The summed E-state index contributed by atoms with van der Waals surface area (Å²) in [5.74, 6) is 0. The van der Waals surface area contributed by atoms with Crippen LogP contribution in [0.2, 0.25) is 0 Å². The van der Waals surface area contributed by atoms with E-state index in [4.69, 9.17) is 5.73 Å². The first kappa shape index (κ1) is 27.5. The summed E-state index contributed by atoms with van der Waals surface area (Å²) < 4.78 is 0. The fourth-order valence-corrected chi connectivity index (χ4v) is 2.85. The summed E-state index contributed by atoms with van der Waals surface area (Å²) in [6.07, 6.45) is 3.34. The Morgan fingerprint density at radius 1 is 0.962 bits per heavy atom. The van der Waals surface area contributed by atoms with Crippen molar-refractivity contribution in [1.29, 1.82) is 0 Å². The minimum atomic E-state index is -0.250. The predicted octanol–water partition coefficient (Wildman–Crippen LogP) is 0.988. The van der Waals surface area contributed by atoms with Crippen molar-refractivity contribution in [2.45, 2.75) is 46.6 Å². The van der Waals surface area contributed by atoms with E-state index in [1.54, 1.807) is 0 Å². The van der Waals surface area contributed by atoms with Gasteiger partial charge in [0, 0.05) is 0 Å². The fraction of sp³-hybridized carbons (Fsp3) is 0.318. The summed E-state index contributed by atoms with van der Waals surface area (Å²) in [5, 5.41) is 2.53. The van der Waals surface area contributed by atoms with Crippen LogP contribution in [-0.4, -0.2) is 5.54 Å². The van der Waals surface area contributed by atoms with E-state index in [1.165, 1.54) is 33.1 Å². The van der Waals surface area contributed by atoms with Crippen LogP contribution in [0.1, 0.15) is 52.2 Å². The number of fused-ring (bicyclic) bond motifs is 1. The second-order valence-electron chi connectivity index (χ2n) is 7.39. The van der Waals surface area contributed by atoms with Crippen molar-refractivity contribution in [2.24, 2.45) is 0 Å². The summed E-state index contributed by atoms with van der Waals surface area (Å²) >= 11 is 0. The normalized spacial score (nSPS) is 12.9. The zero-order chi connectivity index (χ0) is 17.2. The predicted molar refractivity (Wildman–Crippen MR) is 103 cm³/mol. The van der Waals surface area contributed by atoms with Crippen molar-refractivity contribution in [3.63, 3.8) is 0 Å². The molecule has 1 aliphatic rings. The third-order valence-corrected chi connectivity index (χ3v) is 3.76. The second kappa shape index (κ2) is 11.2. The summed E-state index contributed by atoms with van der Waals surface area (Å²) in [6, 6.07) is 12.9. The third-order valence-electron chi connectivity index (χ3n) is 3.76. The molecule has 0 spiro atoms. The number of halogens is 2. The number of hydrogen-bond acceptors (Lipinski definition) is 0. The van der Waals surface area contributed by atoms with Crippen LogP contribution in [0.4, 0.5) is 0 Å². The van der Waals surface area contributed by atoms with Gasteiger partial charge in [-0.1, -0.05) is 73.2 Å². The van der Waals surface area contributed by atoms with Crippen LogP contribution in [-0.2, 0) is 21.7 Å². The van der Waals surface area contributed by atoms with Crippen molar-refractivity contribution < 1.29 is 46.5 Å². The molecule has 2 aromatic rings. The standard InChI is InChI=1S/C18H17.C4H10N.2ClH.Ti/c1-12-10-13(2)18(11-12)17-9-8-15-6-4-5-7-16(15)14(17)3;1-4(2,3)5;;;/h4-10H,3,11H2,1-2H3;5H,1-3H3;2*1H;/q2*-1;;;+2/p-2. The smallest absolute Gasteiger partial charge is 1.00 e. The molecule has 1 aliphatic carbocycles. The number of hydrogen-bond donors (Lipinski definition) is 0. The second-order valence-corrected chi connectivity index (χ2v) is 7.39. The number of benzene rings is 2. The van der Waals surface area contributed by atoms with Gasteiger partial charge in [-0.3, -0.25) is 0 Å². The van der Waals surface area contributed by atoms with Crippen LogP contribution >= 0.6 is 0 Å². The van der Waals surface area contributed by atoms with Crippen LogP contribution in [0.25, 0.3) is 22.1 Å². The first-order valence-electron chi connectivity index (χ1n) is 8.13. The molecular formula is C22H27Cl2NTi-2. The molecule has 0 fully saturated rings. The first-order chi connectivity index (χ1) is 10.7. The molecule has 0 saturated carbocycles. The minimum Gasteiger partial charge on any atom is -1.00 e. The van der Waals surface area contributed by atoms with Crippen molar-refractivity contribution >= 4 is 16.3 Å². The van der Waals surface area contributed by atoms with Gasteiger partial charge in [-0.25, -0.2) is 0 Å². The van der Waals surface area contributed by atoms with E-state index in [0.29, 0.717) is 0 Å². The average Bonchev–Trinajstić information content (AvgIpc) is 2.76. The zero-order valence-electron chi connectivity index (χ0n) is 16.2. The molecule has 1 nitrogen and oxygen atoms in total. The molecule has 0 unspecified atom stereocenters. The van der Waals surface area contributed by atoms with Crippen LogP contribution in [0.3, 0.4) is 0 Å². The maximum atomic E-state index is 6.94. The molecule has 2 aromatic carbocycles. The zero-order valence-corrected chi connectivity index (χ0v) is 19.3. The summed E-state index contributed by atoms with van der Waals surface area (Å²) in [4.78, 5) is 0. The molecule has 0 bridgehead atoms. The Labute approximate surface area is 186 Å². The van der Waals surface area contributed by atoms with Crippen LogP contribution in [0.15, 0.2) is 53.6 Å². The van der Waals surface area contributed by atoms with Gasteiger partial charge in [0.1, 0.15) is 0 Å². The average molecular weight is 424 g/mol. The topological polar surface area (TPSA) is 23.8 Å². The largest absolute Gasteiger partial charge is 2.00 e. The number of rotatable bonds is 1. The summed E-state index contributed by atoms with van der Waals surface area (Å²) in [7, 11) is 0. The van der Waals surface area contributed by atoms with E-state index in [0.717, 1.165) is 12.0 Å². The molecule has 0 saturated heterocycles. The van der Waals surface area contributed by atoms with Gasteiger partial charge in [0.2, 0.25) is 0 Å². The Morgan fingerprint density at radius 3 is 2.00 bits per heavy atom. The molecule has 1 N–H and O–H groups in total. The van der Waals surface area contributed by atoms with E-state index >= 15 is 0 Å². The Hall–Kier alpha value is -0.696. The van der Waals surface area contributed by atoms with Gasteiger partial charge in [-0.05, 0) is 20.3 Å². The summed E-state index contributed by atoms with van der Waals surface area (Å²) in [5.41, 5.74) is 13.4. The molecule has 0 atom stereocenters. The van der Waals surface area contributed by atoms with Crippen molar-refractivity contribution in [3.05, 3.63) is 77.4 Å². The van der Waals surface area contributed by atoms with E-state index in [9.17, 15) is 0 Å². The van der Waals surface area contributed by atoms with Gasteiger partial charge in [-0.15, -0.1) is 28.6 Å². The van der Waals surface area contributed by atoms with Crippen molar-refractivity contribution in [1.82, 2.24) is 0 Å². The summed E-state index contributed by atoms with van der Waals surface area (Å²) in [6.45, 7) is 14.2. The Balaban J connectivity index is 0. The first-order valence-corrected chi connectivity index (χ1v) is 8.13. The maximum absolute atomic E-state index is 6.94. The van der Waals surface area contributed by atoms with Gasteiger partial charge < -0.3 is 30.5 Å². The van der Waals surface area contributed by atoms with Gasteiger partial charge in [0.25, 0.3) is 0 Å². The monoisotopic (exact) mass is 423 g/mol. The minimum absolute atomic E-state index is 0. The van der Waals surface area contributed by atoms with E-state index in [2.05, 4.69) is 63.2 Å². The molecule has 0 aliphatic heterocycles. The fourth-order valence-electron chi connectivity index (χ4n) is 2.85. The van der Waals surface area contributed by atoms with E-state index in [-0.39, 0.29) is 52.1 Å². The van der Waals surface area contributed by atoms with Crippen LogP contribution in [0.5, 0.6) is 0 Å². The van der Waals surface area contributed by atoms with Gasteiger partial charge in [0.15, 0.2) is 0 Å².